The minimum Gasteiger partial charge on any atom is -0.462 e. The van der Waals surface area contributed by atoms with Gasteiger partial charge in [0.05, 0.1) is 0 Å². The lowest BCUT2D eigenvalue weighted by Crippen LogP contribution is -1.94. The summed E-state index contributed by atoms with van der Waals surface area (Å²) >= 11 is 0. The Hall–Kier alpha value is -1.02. The maximum absolute atomic E-state index is 5.32. The third-order valence-electron chi connectivity index (χ3n) is 1.38. The molecule has 0 aliphatic heterocycles. The Kier molecular flexibility index (Phi) is 2.93. The highest BCUT2D eigenvalue weighted by Crippen LogP contribution is 2.07. The first kappa shape index (κ1) is 8.08. The predicted octanol–water partition coefficient (Wildman–Crippen LogP) is 1.95. The first-order valence-corrected chi connectivity index (χ1v) is 3.76. The zero-order chi connectivity index (χ0) is 8.10. The van der Waals surface area contributed by atoms with Crippen molar-refractivity contribution in [1.82, 2.24) is 0 Å². The van der Waals surface area contributed by atoms with Crippen LogP contribution in [0.15, 0.2) is 22.6 Å². The lowest BCUT2D eigenvalue weighted by Gasteiger charge is -1.84. The van der Waals surface area contributed by atoms with Crippen LogP contribution in [0.5, 0.6) is 0 Å². The molecule has 2 nitrogen and oxygen atoms in total. The quantitative estimate of drug-likeness (QED) is 0.717. The van der Waals surface area contributed by atoms with Crippen LogP contribution in [0.4, 0.5) is 0 Å². The second-order valence-corrected chi connectivity index (χ2v) is 2.43. The van der Waals surface area contributed by atoms with Crippen molar-refractivity contribution in [2.24, 2.45) is 5.73 Å². The fourth-order valence-electron chi connectivity index (χ4n) is 0.839. The molecule has 11 heavy (non-hydrogen) atoms. The van der Waals surface area contributed by atoms with Gasteiger partial charge in [0, 0.05) is 0 Å². The molecular weight excluding hydrogens is 138 g/mol. The zero-order valence-electron chi connectivity index (χ0n) is 6.71. The van der Waals surface area contributed by atoms with Gasteiger partial charge in [-0.2, -0.15) is 0 Å². The summed E-state index contributed by atoms with van der Waals surface area (Å²) in [5.41, 5.74) is 5.32. The van der Waals surface area contributed by atoms with Gasteiger partial charge in [-0.05, 0) is 38.1 Å². The molecule has 0 aliphatic rings. The first-order chi connectivity index (χ1) is 5.33. The first-order valence-electron chi connectivity index (χ1n) is 3.76. The van der Waals surface area contributed by atoms with E-state index in [9.17, 15) is 0 Å². The molecule has 0 bridgehead atoms. The number of hydrogen-bond acceptors (Lipinski definition) is 2. The SMILES string of the molecule is Cc1ccc(C=CCCN)o1. The van der Waals surface area contributed by atoms with Crippen LogP contribution in [-0.2, 0) is 0 Å². The van der Waals surface area contributed by atoms with Crippen LogP contribution in [0.1, 0.15) is 17.9 Å². The molecule has 2 N–H and O–H groups in total. The van der Waals surface area contributed by atoms with Crippen molar-refractivity contribution in [3.05, 3.63) is 29.7 Å². The molecule has 0 aliphatic carbocycles. The Morgan fingerprint density at radius 2 is 2.36 bits per heavy atom. The Morgan fingerprint density at radius 1 is 1.55 bits per heavy atom. The maximum atomic E-state index is 5.32. The lowest BCUT2D eigenvalue weighted by molar-refractivity contribution is 0.525. The zero-order valence-corrected chi connectivity index (χ0v) is 6.71. The summed E-state index contributed by atoms with van der Waals surface area (Å²) in [4.78, 5) is 0. The molecule has 0 saturated carbocycles. The highest BCUT2D eigenvalue weighted by molar-refractivity contribution is 5.42. The van der Waals surface area contributed by atoms with Crippen molar-refractivity contribution in [3.8, 4) is 0 Å². The smallest absolute Gasteiger partial charge is 0.126 e. The van der Waals surface area contributed by atoms with Crippen molar-refractivity contribution in [3.63, 3.8) is 0 Å². The number of furan rings is 1. The second-order valence-electron chi connectivity index (χ2n) is 2.43. The molecule has 0 radical (unpaired) electrons. The average Bonchev–Trinajstić information content (AvgIpc) is 2.37. The van der Waals surface area contributed by atoms with Crippen LogP contribution < -0.4 is 5.73 Å². The van der Waals surface area contributed by atoms with Crippen molar-refractivity contribution < 1.29 is 4.42 Å². The largest absolute Gasteiger partial charge is 0.462 e. The molecule has 2 heteroatoms. The normalized spacial score (nSPS) is 11.1. The molecule has 0 aromatic carbocycles. The van der Waals surface area contributed by atoms with Crippen LogP contribution in [0.3, 0.4) is 0 Å². The summed E-state index contributed by atoms with van der Waals surface area (Å²) in [5, 5.41) is 0. The van der Waals surface area contributed by atoms with Gasteiger partial charge in [-0.25, -0.2) is 0 Å². The van der Waals surface area contributed by atoms with Gasteiger partial charge in [0.25, 0.3) is 0 Å². The molecule has 60 valence electrons. The molecule has 1 rings (SSSR count). The Morgan fingerprint density at radius 3 is 2.91 bits per heavy atom. The van der Waals surface area contributed by atoms with Crippen LogP contribution >= 0.6 is 0 Å². The van der Waals surface area contributed by atoms with Crippen molar-refractivity contribution in [1.29, 1.82) is 0 Å². The Balaban J connectivity index is 2.50. The van der Waals surface area contributed by atoms with Gasteiger partial charge in [0.2, 0.25) is 0 Å². The van der Waals surface area contributed by atoms with Crippen LogP contribution in [-0.4, -0.2) is 6.54 Å². The molecule has 1 aromatic rings. The maximum Gasteiger partial charge on any atom is 0.126 e. The lowest BCUT2D eigenvalue weighted by atomic mass is 10.3. The summed E-state index contributed by atoms with van der Waals surface area (Å²) in [5.74, 6) is 1.84. The van der Waals surface area contributed by atoms with Crippen molar-refractivity contribution >= 4 is 6.08 Å². The van der Waals surface area contributed by atoms with Gasteiger partial charge in [-0.3, -0.25) is 0 Å². The topological polar surface area (TPSA) is 39.2 Å². The standard InChI is InChI=1S/C9H13NO/c1-8-5-6-9(11-8)4-2-3-7-10/h2,4-6H,3,7,10H2,1H3. The molecule has 0 spiro atoms. The molecule has 0 fully saturated rings. The van der Waals surface area contributed by atoms with Crippen LogP contribution in [0.2, 0.25) is 0 Å². The fraction of sp³-hybridized carbons (Fsp3) is 0.333. The summed E-state index contributed by atoms with van der Waals surface area (Å²) in [7, 11) is 0. The molecule has 1 heterocycles. The Labute approximate surface area is 66.7 Å². The third-order valence-corrected chi connectivity index (χ3v) is 1.38. The minimum absolute atomic E-state index is 0.691. The van der Waals surface area contributed by atoms with Crippen LogP contribution in [0.25, 0.3) is 6.08 Å². The number of hydrogen-bond donors (Lipinski definition) is 1. The van der Waals surface area contributed by atoms with Gasteiger partial charge < -0.3 is 10.2 Å². The van der Waals surface area contributed by atoms with E-state index in [0.29, 0.717) is 6.54 Å². The minimum atomic E-state index is 0.691. The van der Waals surface area contributed by atoms with E-state index in [2.05, 4.69) is 0 Å². The van der Waals surface area contributed by atoms with E-state index >= 15 is 0 Å². The van der Waals surface area contributed by atoms with Gasteiger partial charge in [0.1, 0.15) is 11.5 Å². The monoisotopic (exact) mass is 151 g/mol. The molecule has 0 atom stereocenters. The summed E-state index contributed by atoms with van der Waals surface area (Å²) in [6.07, 6.45) is 4.86. The van der Waals surface area contributed by atoms with Gasteiger partial charge in [-0.1, -0.05) is 6.08 Å². The van der Waals surface area contributed by atoms with Crippen molar-refractivity contribution in [2.45, 2.75) is 13.3 Å². The van der Waals surface area contributed by atoms with Gasteiger partial charge >= 0.3 is 0 Å². The predicted molar refractivity (Wildman–Crippen MR) is 46.2 cm³/mol. The van der Waals surface area contributed by atoms with E-state index in [4.69, 9.17) is 10.2 Å². The molecule has 1 aromatic heterocycles. The highest BCUT2D eigenvalue weighted by Gasteiger charge is 1.90. The molecule has 0 unspecified atom stereocenters. The van der Waals surface area contributed by atoms with E-state index < -0.39 is 0 Å². The average molecular weight is 151 g/mol. The van der Waals surface area contributed by atoms with E-state index in [-0.39, 0.29) is 0 Å². The number of nitrogens with two attached hydrogens (primary N) is 1. The van der Waals surface area contributed by atoms with Gasteiger partial charge in [0.15, 0.2) is 0 Å². The summed E-state index contributed by atoms with van der Waals surface area (Å²) in [6.45, 7) is 2.62. The van der Waals surface area contributed by atoms with E-state index in [1.165, 1.54) is 0 Å². The third kappa shape index (κ3) is 2.60. The van der Waals surface area contributed by atoms with E-state index in [0.717, 1.165) is 17.9 Å². The molecular formula is C9H13NO. The summed E-state index contributed by atoms with van der Waals surface area (Å²) < 4.78 is 5.30. The highest BCUT2D eigenvalue weighted by atomic mass is 16.3. The fourth-order valence-corrected chi connectivity index (χ4v) is 0.839. The van der Waals surface area contributed by atoms with E-state index in [1.807, 2.05) is 31.2 Å². The second kappa shape index (κ2) is 3.98. The number of rotatable bonds is 3. The van der Waals surface area contributed by atoms with Crippen molar-refractivity contribution in [2.75, 3.05) is 6.54 Å². The molecule has 0 saturated heterocycles. The number of aryl methyl sites for hydroxylation is 1. The van der Waals surface area contributed by atoms with Crippen LogP contribution in [0, 0.1) is 6.92 Å². The van der Waals surface area contributed by atoms with Gasteiger partial charge in [-0.15, -0.1) is 0 Å². The summed E-state index contributed by atoms with van der Waals surface area (Å²) in [6, 6.07) is 3.89. The van der Waals surface area contributed by atoms with E-state index in [1.54, 1.807) is 0 Å². The Bertz CT molecular complexity index is 237. The molecule has 0 amide bonds.